The van der Waals surface area contributed by atoms with Crippen molar-refractivity contribution >= 4 is 53.3 Å². The molecule has 0 spiro atoms. The van der Waals surface area contributed by atoms with Gasteiger partial charge in [0.15, 0.2) is 0 Å². The van der Waals surface area contributed by atoms with E-state index >= 15 is 0 Å². The van der Waals surface area contributed by atoms with Gasteiger partial charge in [-0.15, -0.1) is 11.3 Å². The smallest absolute Gasteiger partial charge is 0.0991 e. The molecule has 0 aliphatic rings. The van der Waals surface area contributed by atoms with Crippen LogP contribution in [0.3, 0.4) is 0 Å². The summed E-state index contributed by atoms with van der Waals surface area (Å²) >= 11 is 1.83. The molecule has 0 amide bonds. The first-order valence-corrected chi connectivity index (χ1v) is 16.4. The quantitative estimate of drug-likeness (QED) is 0.185. The fourth-order valence-electron chi connectivity index (χ4n) is 6.50. The fraction of sp³-hybridized carbons (Fsp3) is 0. The fourth-order valence-corrected chi connectivity index (χ4v) is 7.62. The topological polar surface area (TPSA) is 49.6 Å². The lowest BCUT2D eigenvalue weighted by Gasteiger charge is -2.09. The summed E-state index contributed by atoms with van der Waals surface area (Å²) < 4.78 is 2.52. The minimum Gasteiger partial charge on any atom is -0.245 e. The molecule has 6 aromatic carbocycles. The van der Waals surface area contributed by atoms with Crippen molar-refractivity contribution in [3.05, 3.63) is 157 Å². The Balaban J connectivity index is 1.15. The molecule has 3 nitrogen and oxygen atoms in total. The van der Waals surface area contributed by atoms with E-state index in [1.807, 2.05) is 53.8 Å². The minimum atomic E-state index is 0.668. The van der Waals surface area contributed by atoms with Crippen molar-refractivity contribution in [2.24, 2.45) is 0 Å². The highest BCUT2D eigenvalue weighted by atomic mass is 32.1. The molecule has 0 saturated heterocycles. The summed E-state index contributed by atoms with van der Waals surface area (Å²) in [6.07, 6.45) is 0. The van der Waals surface area contributed by atoms with Gasteiger partial charge in [-0.25, -0.2) is 9.97 Å². The average Bonchev–Trinajstić information content (AvgIpc) is 3.53. The monoisotopic (exact) mass is 615 g/mol. The number of nitriles is 1. The Morgan fingerprint density at radius 3 is 1.74 bits per heavy atom. The largest absolute Gasteiger partial charge is 0.245 e. The van der Waals surface area contributed by atoms with Crippen LogP contribution in [0, 0.1) is 11.3 Å². The van der Waals surface area contributed by atoms with Gasteiger partial charge in [-0.3, -0.25) is 0 Å². The summed E-state index contributed by atoms with van der Waals surface area (Å²) in [4.78, 5) is 10.3. The van der Waals surface area contributed by atoms with Crippen LogP contribution in [0.1, 0.15) is 5.56 Å². The molecule has 0 saturated carbocycles. The first-order valence-electron chi connectivity index (χ1n) is 15.5. The summed E-state index contributed by atoms with van der Waals surface area (Å²) in [7, 11) is 0. The summed E-state index contributed by atoms with van der Waals surface area (Å²) in [6.45, 7) is 0. The number of pyridine rings is 2. The van der Waals surface area contributed by atoms with E-state index in [1.54, 1.807) is 0 Å². The maximum absolute atomic E-state index is 9.16. The highest BCUT2D eigenvalue weighted by molar-refractivity contribution is 7.26. The van der Waals surface area contributed by atoms with Crippen LogP contribution < -0.4 is 0 Å². The minimum absolute atomic E-state index is 0.668. The van der Waals surface area contributed by atoms with Gasteiger partial charge in [-0.05, 0) is 64.7 Å². The molecule has 9 rings (SSSR count). The summed E-state index contributed by atoms with van der Waals surface area (Å²) in [6, 6.07) is 55.0. The molecular formula is C43H25N3S. The van der Waals surface area contributed by atoms with E-state index in [0.717, 1.165) is 55.4 Å². The molecule has 4 heteroatoms. The van der Waals surface area contributed by atoms with Gasteiger partial charge in [0.25, 0.3) is 0 Å². The van der Waals surface area contributed by atoms with Crippen LogP contribution in [0.4, 0.5) is 0 Å². The molecule has 218 valence electrons. The molecule has 0 fully saturated rings. The molecule has 3 aromatic heterocycles. The van der Waals surface area contributed by atoms with Crippen molar-refractivity contribution in [1.29, 1.82) is 5.26 Å². The average molecular weight is 616 g/mol. The standard InChI is InChI=1S/C43H25N3S/c44-26-27-9-11-28(12-10-27)29-13-15-30(16-14-29)35-7-4-8-40-41(35)36-25-34(21-24-39(36)47-40)38-23-20-33-18-17-32-19-22-37(31-5-2-1-3-6-31)45-42(32)43(33)46-38/h1-25H. The van der Waals surface area contributed by atoms with Crippen LogP contribution in [0.2, 0.25) is 0 Å². The van der Waals surface area contributed by atoms with Crippen LogP contribution >= 0.6 is 11.3 Å². The lowest BCUT2D eigenvalue weighted by Crippen LogP contribution is -1.91. The van der Waals surface area contributed by atoms with Crippen LogP contribution in [0.15, 0.2) is 152 Å². The third kappa shape index (κ3) is 4.73. The molecule has 3 heterocycles. The van der Waals surface area contributed by atoms with Crippen molar-refractivity contribution in [3.8, 4) is 50.8 Å². The molecule has 0 bridgehead atoms. The van der Waals surface area contributed by atoms with Crippen LogP contribution in [-0.4, -0.2) is 9.97 Å². The van der Waals surface area contributed by atoms with Crippen LogP contribution in [-0.2, 0) is 0 Å². The van der Waals surface area contributed by atoms with E-state index in [4.69, 9.17) is 15.2 Å². The van der Waals surface area contributed by atoms with Gasteiger partial charge in [0.05, 0.1) is 34.1 Å². The first-order chi connectivity index (χ1) is 23.2. The van der Waals surface area contributed by atoms with E-state index < -0.39 is 0 Å². The van der Waals surface area contributed by atoms with E-state index in [9.17, 15) is 0 Å². The number of thiophene rings is 1. The molecule has 47 heavy (non-hydrogen) atoms. The van der Waals surface area contributed by atoms with Gasteiger partial charge in [0, 0.05) is 42.1 Å². The Morgan fingerprint density at radius 1 is 0.468 bits per heavy atom. The third-order valence-corrected chi connectivity index (χ3v) is 10.1. The second-order valence-corrected chi connectivity index (χ2v) is 12.8. The molecule has 9 aromatic rings. The molecule has 0 atom stereocenters. The predicted octanol–water partition coefficient (Wildman–Crippen LogP) is 11.7. The maximum atomic E-state index is 9.16. The Labute approximate surface area is 275 Å². The van der Waals surface area contributed by atoms with Gasteiger partial charge in [-0.2, -0.15) is 5.26 Å². The summed E-state index contributed by atoms with van der Waals surface area (Å²) in [5.74, 6) is 0. The van der Waals surface area contributed by atoms with Crippen molar-refractivity contribution in [2.45, 2.75) is 0 Å². The normalized spacial score (nSPS) is 11.4. The van der Waals surface area contributed by atoms with Gasteiger partial charge in [-0.1, -0.05) is 109 Å². The van der Waals surface area contributed by atoms with Crippen molar-refractivity contribution in [1.82, 2.24) is 9.97 Å². The third-order valence-electron chi connectivity index (χ3n) is 8.92. The van der Waals surface area contributed by atoms with Crippen LogP contribution in [0.5, 0.6) is 0 Å². The Bertz CT molecular complexity index is 2670. The molecule has 0 radical (unpaired) electrons. The van der Waals surface area contributed by atoms with Gasteiger partial charge >= 0.3 is 0 Å². The van der Waals surface area contributed by atoms with Crippen molar-refractivity contribution < 1.29 is 0 Å². The molecule has 0 aliphatic carbocycles. The molecule has 0 N–H and O–H groups in total. The first kappa shape index (κ1) is 27.2. The lowest BCUT2D eigenvalue weighted by molar-refractivity contribution is 1.37. The van der Waals surface area contributed by atoms with E-state index in [0.29, 0.717) is 5.56 Å². The van der Waals surface area contributed by atoms with E-state index in [-0.39, 0.29) is 0 Å². The zero-order valence-corrected chi connectivity index (χ0v) is 26.0. The number of aromatic nitrogens is 2. The maximum Gasteiger partial charge on any atom is 0.0991 e. The summed E-state index contributed by atoms with van der Waals surface area (Å²) in [5.41, 5.74) is 11.2. The second kappa shape index (κ2) is 11.0. The number of hydrogen-bond acceptors (Lipinski definition) is 4. The Hall–Kier alpha value is -6.15. The SMILES string of the molecule is N#Cc1ccc(-c2ccc(-c3cccc4sc5ccc(-c6ccc7ccc8ccc(-c9ccccc9)nc8c7n6)cc5c34)cc2)cc1. The van der Waals surface area contributed by atoms with Gasteiger partial charge in [0.1, 0.15) is 0 Å². The number of benzene rings is 6. The number of rotatable bonds is 4. The summed E-state index contributed by atoms with van der Waals surface area (Å²) in [5, 5.41) is 13.8. The number of nitrogens with zero attached hydrogens (tertiary/aromatic N) is 3. The number of hydrogen-bond donors (Lipinski definition) is 0. The highest BCUT2D eigenvalue weighted by Crippen LogP contribution is 2.42. The van der Waals surface area contributed by atoms with Crippen molar-refractivity contribution in [2.75, 3.05) is 0 Å². The van der Waals surface area contributed by atoms with Crippen molar-refractivity contribution in [3.63, 3.8) is 0 Å². The van der Waals surface area contributed by atoms with Crippen LogP contribution in [0.25, 0.3) is 86.7 Å². The Morgan fingerprint density at radius 2 is 1.06 bits per heavy atom. The van der Waals surface area contributed by atoms with E-state index in [1.165, 1.54) is 31.3 Å². The lowest BCUT2D eigenvalue weighted by atomic mass is 9.96. The zero-order valence-electron chi connectivity index (χ0n) is 25.2. The Kier molecular flexibility index (Phi) is 6.38. The van der Waals surface area contributed by atoms with Gasteiger partial charge < -0.3 is 0 Å². The molecule has 0 unspecified atom stereocenters. The highest BCUT2D eigenvalue weighted by Gasteiger charge is 2.14. The molecule has 0 aliphatic heterocycles. The second-order valence-electron chi connectivity index (χ2n) is 11.7. The predicted molar refractivity (Wildman–Crippen MR) is 196 cm³/mol. The van der Waals surface area contributed by atoms with Gasteiger partial charge in [0.2, 0.25) is 0 Å². The number of fused-ring (bicyclic) bond motifs is 6. The zero-order chi connectivity index (χ0) is 31.3. The molecular weight excluding hydrogens is 591 g/mol. The van der Waals surface area contributed by atoms with E-state index in [2.05, 4.69) is 115 Å².